The molecule has 0 unspecified atom stereocenters. The Kier molecular flexibility index (Phi) is 5.16. The van der Waals surface area contributed by atoms with E-state index in [-0.39, 0.29) is 39.8 Å². The lowest BCUT2D eigenvalue weighted by atomic mass is 10.1. The highest BCUT2D eigenvalue weighted by molar-refractivity contribution is 6.03. The van der Waals surface area contributed by atoms with Crippen molar-refractivity contribution in [2.45, 2.75) is 19.9 Å². The van der Waals surface area contributed by atoms with E-state index in [0.717, 1.165) is 16.2 Å². The van der Waals surface area contributed by atoms with Gasteiger partial charge in [-0.25, -0.2) is 18.5 Å². The number of aromatic carboxylic acids is 1. The Labute approximate surface area is 211 Å². The summed E-state index contributed by atoms with van der Waals surface area (Å²) in [5, 5.41) is 16.1. The van der Waals surface area contributed by atoms with E-state index < -0.39 is 28.6 Å². The van der Waals surface area contributed by atoms with Crippen LogP contribution in [-0.4, -0.2) is 35.4 Å². The van der Waals surface area contributed by atoms with Crippen LogP contribution in [0, 0.1) is 5.82 Å². The normalized spacial score (nSPS) is 11.6. The minimum Gasteiger partial charge on any atom is -0.477 e. The molecule has 0 saturated carbocycles. The summed E-state index contributed by atoms with van der Waals surface area (Å²) >= 11 is 0. The van der Waals surface area contributed by atoms with Crippen LogP contribution in [0.25, 0.3) is 38.4 Å². The fourth-order valence-corrected chi connectivity index (χ4v) is 4.97. The Morgan fingerprint density at radius 2 is 1.74 bits per heavy atom. The highest BCUT2D eigenvalue weighted by Crippen LogP contribution is 2.31. The van der Waals surface area contributed by atoms with E-state index in [4.69, 9.17) is 0 Å². The molecule has 0 aliphatic heterocycles. The monoisotopic (exact) mass is 513 g/mol. The molecule has 0 radical (unpaired) electrons. The summed E-state index contributed by atoms with van der Waals surface area (Å²) in [6.45, 7) is 1.65. The Morgan fingerprint density at radius 3 is 2.50 bits per heavy atom. The first kappa shape index (κ1) is 23.2. The number of aromatic amines is 3. The van der Waals surface area contributed by atoms with Gasteiger partial charge in [0.25, 0.3) is 11.1 Å². The van der Waals surface area contributed by atoms with Crippen molar-refractivity contribution >= 4 is 38.7 Å². The maximum Gasteiger partial charge on any atom is 0.354 e. The average Bonchev–Trinajstić information content (AvgIpc) is 3.41. The predicted molar refractivity (Wildman–Crippen MR) is 140 cm³/mol. The molecule has 0 spiro atoms. The van der Waals surface area contributed by atoms with Gasteiger partial charge in [0.2, 0.25) is 0 Å². The molecule has 0 amide bonds. The van der Waals surface area contributed by atoms with Gasteiger partial charge >= 0.3 is 11.7 Å². The highest BCUT2D eigenvalue weighted by atomic mass is 19.1. The standard InChI is InChI=1S/C27H20FN5O5/c1-2-13-7-8-21-17(9-13)22(33-25(35)15-5-3-4-6-19(15)29-27(33)38)23(26(36)37)32(21)12-14-10-16-20(11-18(14)28)30-31-24(16)34/h3-11H,2,12H2,1H3,(H,29,38)(H,36,37)(H2,30,31,34). The van der Waals surface area contributed by atoms with Gasteiger partial charge in [0.05, 0.1) is 39.6 Å². The number of hydrogen-bond acceptors (Lipinski definition) is 4. The molecule has 0 fully saturated rings. The van der Waals surface area contributed by atoms with E-state index in [0.29, 0.717) is 22.8 Å². The molecule has 6 rings (SSSR count). The molecule has 0 aliphatic rings. The minimum absolute atomic E-state index is 0.0629. The van der Waals surface area contributed by atoms with Crippen LogP contribution in [0.1, 0.15) is 28.5 Å². The molecular formula is C27H20FN5O5. The van der Waals surface area contributed by atoms with Crippen LogP contribution < -0.4 is 16.8 Å². The van der Waals surface area contributed by atoms with Gasteiger partial charge in [0.1, 0.15) is 5.82 Å². The van der Waals surface area contributed by atoms with Gasteiger partial charge in [0, 0.05) is 10.9 Å². The van der Waals surface area contributed by atoms with Crippen molar-refractivity contribution in [1.29, 1.82) is 0 Å². The third kappa shape index (κ3) is 3.39. The number of aromatic nitrogens is 5. The quantitative estimate of drug-likeness (QED) is 0.280. The highest BCUT2D eigenvalue weighted by Gasteiger charge is 2.27. The van der Waals surface area contributed by atoms with Crippen molar-refractivity contribution in [3.8, 4) is 5.69 Å². The fraction of sp³-hybridized carbons (Fsp3) is 0.111. The Bertz CT molecular complexity index is 2110. The molecule has 3 aromatic carbocycles. The summed E-state index contributed by atoms with van der Waals surface area (Å²) in [4.78, 5) is 54.3. The third-order valence-corrected chi connectivity index (χ3v) is 6.81. The van der Waals surface area contributed by atoms with Gasteiger partial charge in [-0.05, 0) is 48.4 Å². The zero-order valence-corrected chi connectivity index (χ0v) is 20.0. The average molecular weight is 513 g/mol. The maximum atomic E-state index is 15.1. The molecule has 3 heterocycles. The molecule has 0 saturated heterocycles. The Balaban J connectivity index is 1.71. The molecule has 11 heteroatoms. The second kappa shape index (κ2) is 8.44. The van der Waals surface area contributed by atoms with Gasteiger partial charge < -0.3 is 14.7 Å². The number of benzene rings is 3. The van der Waals surface area contributed by atoms with E-state index in [9.17, 15) is 24.3 Å². The smallest absolute Gasteiger partial charge is 0.354 e. The minimum atomic E-state index is -1.41. The SMILES string of the molecule is CCc1ccc2c(c1)c(-n1c(=O)[nH]c3ccccc3c1=O)c(C(=O)O)n2Cc1cc2c(=O)[nH][nH]c2cc1F. The summed E-state index contributed by atoms with van der Waals surface area (Å²) < 4.78 is 17.3. The molecule has 4 N–H and O–H groups in total. The van der Waals surface area contributed by atoms with Crippen LogP contribution in [-0.2, 0) is 13.0 Å². The first-order valence-electron chi connectivity index (χ1n) is 11.8. The lowest BCUT2D eigenvalue weighted by Gasteiger charge is -2.11. The number of carboxylic acids is 1. The van der Waals surface area contributed by atoms with Crippen molar-refractivity contribution in [2.75, 3.05) is 0 Å². The van der Waals surface area contributed by atoms with Crippen LogP contribution >= 0.6 is 0 Å². The molecule has 190 valence electrons. The molecule has 38 heavy (non-hydrogen) atoms. The summed E-state index contributed by atoms with van der Waals surface area (Å²) in [7, 11) is 0. The molecule has 0 aliphatic carbocycles. The van der Waals surface area contributed by atoms with Crippen LogP contribution in [0.4, 0.5) is 4.39 Å². The Morgan fingerprint density at radius 1 is 0.947 bits per heavy atom. The lowest BCUT2D eigenvalue weighted by Crippen LogP contribution is -2.34. The number of carbonyl (C=O) groups is 1. The molecule has 10 nitrogen and oxygen atoms in total. The zero-order chi connectivity index (χ0) is 26.7. The van der Waals surface area contributed by atoms with Crippen LogP contribution in [0.15, 0.2) is 69.0 Å². The predicted octanol–water partition coefficient (Wildman–Crippen LogP) is 3.25. The Hall–Kier alpha value is -5.19. The first-order valence-corrected chi connectivity index (χ1v) is 11.8. The van der Waals surface area contributed by atoms with E-state index >= 15 is 4.39 Å². The first-order chi connectivity index (χ1) is 18.3. The summed E-state index contributed by atoms with van der Waals surface area (Å²) in [6.07, 6.45) is 0.619. The second-order valence-electron chi connectivity index (χ2n) is 8.98. The van der Waals surface area contributed by atoms with Gasteiger partial charge in [0.15, 0.2) is 5.69 Å². The van der Waals surface area contributed by atoms with E-state index in [1.807, 2.05) is 6.92 Å². The number of carboxylic acid groups (broad SMARTS) is 1. The molecule has 0 bridgehead atoms. The van der Waals surface area contributed by atoms with Gasteiger partial charge in [-0.1, -0.05) is 25.1 Å². The number of para-hydroxylation sites is 1. The van der Waals surface area contributed by atoms with E-state index in [2.05, 4.69) is 15.2 Å². The van der Waals surface area contributed by atoms with Crippen molar-refractivity contribution in [2.24, 2.45) is 0 Å². The molecule has 3 aromatic heterocycles. The largest absolute Gasteiger partial charge is 0.477 e. The number of rotatable bonds is 5. The van der Waals surface area contributed by atoms with Gasteiger partial charge in [-0.3, -0.25) is 19.8 Å². The van der Waals surface area contributed by atoms with Crippen molar-refractivity contribution in [1.82, 2.24) is 24.3 Å². The summed E-state index contributed by atoms with van der Waals surface area (Å²) in [6, 6.07) is 14.2. The van der Waals surface area contributed by atoms with Gasteiger partial charge in [-0.2, -0.15) is 0 Å². The third-order valence-electron chi connectivity index (χ3n) is 6.81. The van der Waals surface area contributed by atoms with Crippen LogP contribution in [0.2, 0.25) is 0 Å². The maximum absolute atomic E-state index is 15.1. The van der Waals surface area contributed by atoms with Gasteiger partial charge in [-0.15, -0.1) is 0 Å². The van der Waals surface area contributed by atoms with Crippen LogP contribution in [0.5, 0.6) is 0 Å². The molecular weight excluding hydrogens is 493 g/mol. The number of halogens is 1. The molecule has 6 aromatic rings. The number of H-pyrrole nitrogens is 3. The molecule has 0 atom stereocenters. The fourth-order valence-electron chi connectivity index (χ4n) is 4.97. The number of aryl methyl sites for hydroxylation is 1. The summed E-state index contributed by atoms with van der Waals surface area (Å²) in [5.41, 5.74) is -0.508. The number of nitrogens with zero attached hydrogens (tertiary/aromatic N) is 2. The number of nitrogens with one attached hydrogen (secondary N) is 3. The van der Waals surface area contributed by atoms with Crippen molar-refractivity contribution < 1.29 is 14.3 Å². The van der Waals surface area contributed by atoms with Crippen molar-refractivity contribution in [3.63, 3.8) is 0 Å². The van der Waals surface area contributed by atoms with E-state index in [1.54, 1.807) is 42.5 Å². The topological polar surface area (TPSA) is 146 Å². The van der Waals surface area contributed by atoms with Crippen LogP contribution in [0.3, 0.4) is 0 Å². The van der Waals surface area contributed by atoms with Crippen molar-refractivity contribution in [3.05, 3.63) is 108 Å². The number of hydrogen-bond donors (Lipinski definition) is 4. The zero-order valence-electron chi connectivity index (χ0n) is 20.0. The number of fused-ring (bicyclic) bond motifs is 3. The lowest BCUT2D eigenvalue weighted by molar-refractivity contribution is 0.0686. The summed E-state index contributed by atoms with van der Waals surface area (Å²) in [5.74, 6) is -2.06. The second-order valence-corrected chi connectivity index (χ2v) is 8.98. The van der Waals surface area contributed by atoms with E-state index in [1.165, 1.54) is 10.6 Å².